The van der Waals surface area contributed by atoms with Crippen molar-refractivity contribution < 1.29 is 28.3 Å². The average molecular weight is 654 g/mol. The van der Waals surface area contributed by atoms with Crippen molar-refractivity contribution in [3.8, 4) is 0 Å². The summed E-state index contributed by atoms with van der Waals surface area (Å²) in [6.07, 6.45) is 0.524. The molecule has 9 nitrogen and oxygen atoms in total. The van der Waals surface area contributed by atoms with Crippen molar-refractivity contribution in [2.45, 2.75) is 85.5 Å². The number of benzene rings is 2. The molecule has 0 aromatic heterocycles. The first kappa shape index (κ1) is 37.0. The number of amides is 3. The Morgan fingerprint density at radius 1 is 1.09 bits per heavy atom. The van der Waals surface area contributed by atoms with E-state index in [9.17, 15) is 23.6 Å². The lowest BCUT2D eigenvalue weighted by Gasteiger charge is -2.43. The van der Waals surface area contributed by atoms with Crippen molar-refractivity contribution in [2.24, 2.45) is 5.41 Å². The van der Waals surface area contributed by atoms with Gasteiger partial charge in [-0.1, -0.05) is 76.0 Å². The third-order valence-electron chi connectivity index (χ3n) is 6.48. The van der Waals surface area contributed by atoms with E-state index in [2.05, 4.69) is 43.6 Å². The maximum atomic E-state index is 14.9. The summed E-state index contributed by atoms with van der Waals surface area (Å²) in [5.74, 6) is -2.60. The monoisotopic (exact) mass is 652 g/mol. The quantitative estimate of drug-likeness (QED) is 0.212. The average Bonchev–Trinajstić information content (AvgIpc) is 2.86. The largest absolute Gasteiger partial charge is 0.450 e. The molecule has 3 rings (SSSR count). The van der Waals surface area contributed by atoms with Crippen molar-refractivity contribution in [2.75, 3.05) is 18.4 Å². The predicted octanol–water partition coefficient (Wildman–Crippen LogP) is 5.68. The molecule has 1 saturated heterocycles. The van der Waals surface area contributed by atoms with Gasteiger partial charge in [-0.05, 0) is 48.6 Å². The van der Waals surface area contributed by atoms with Gasteiger partial charge in [-0.15, -0.1) is 0 Å². The zero-order valence-corrected chi connectivity index (χ0v) is 28.0. The van der Waals surface area contributed by atoms with Gasteiger partial charge in [-0.25, -0.2) is 4.39 Å². The number of likely N-dealkylation sites (tertiary alicyclic amines) is 1. The first-order chi connectivity index (χ1) is 20.3. The molecule has 0 radical (unpaired) electrons. The fraction of sp³-hybridized carbons (Fsp3) is 0.500. The Balaban J connectivity index is 0.00000125. The zero-order valence-electron chi connectivity index (χ0n) is 26.5. The lowest BCUT2D eigenvalue weighted by atomic mass is 9.91. The van der Waals surface area contributed by atoms with E-state index in [1.54, 1.807) is 37.3 Å². The van der Waals surface area contributed by atoms with E-state index in [0.717, 1.165) is 0 Å². The molecule has 12 heteroatoms. The number of anilines is 1. The number of ether oxygens (including phenoxy) is 1. The third-order valence-corrected chi connectivity index (χ3v) is 7.01. The van der Waals surface area contributed by atoms with Gasteiger partial charge in [-0.2, -0.15) is 0 Å². The molecular formula is C32H43Cl2FN4O5. The van der Waals surface area contributed by atoms with E-state index in [1.807, 2.05) is 0 Å². The summed E-state index contributed by atoms with van der Waals surface area (Å²) in [7, 11) is 0. The van der Waals surface area contributed by atoms with Crippen LogP contribution in [0.2, 0.25) is 10.0 Å². The van der Waals surface area contributed by atoms with Gasteiger partial charge in [0, 0.05) is 43.2 Å². The highest BCUT2D eigenvalue weighted by Gasteiger charge is 2.42. The number of halogens is 3. The van der Waals surface area contributed by atoms with Crippen molar-refractivity contribution in [3.05, 3.63) is 63.4 Å². The molecular weight excluding hydrogens is 610 g/mol. The Morgan fingerprint density at radius 2 is 1.70 bits per heavy atom. The normalized spacial score (nSPS) is 14.8. The summed E-state index contributed by atoms with van der Waals surface area (Å²) in [6, 6.07) is 8.30. The molecule has 242 valence electrons. The van der Waals surface area contributed by atoms with E-state index in [4.69, 9.17) is 27.9 Å². The minimum atomic E-state index is -1.32. The molecule has 44 heavy (non-hydrogen) atoms. The Bertz CT molecular complexity index is 1340. The lowest BCUT2D eigenvalue weighted by molar-refractivity contribution is -0.171. The van der Waals surface area contributed by atoms with Gasteiger partial charge in [0.15, 0.2) is 5.60 Å². The molecule has 0 aliphatic carbocycles. The highest BCUT2D eigenvalue weighted by molar-refractivity contribution is 6.31. The number of carbonyl (C=O) groups is 4. The molecule has 0 saturated carbocycles. The fourth-order valence-electron chi connectivity index (χ4n) is 4.48. The fourth-order valence-corrected chi connectivity index (χ4v) is 4.83. The maximum Gasteiger partial charge on any atom is 0.303 e. The number of rotatable bonds is 11. The number of nitrogens with one attached hydrogen (secondary N) is 3. The summed E-state index contributed by atoms with van der Waals surface area (Å²) >= 11 is 12.0. The molecule has 2 atom stereocenters. The minimum absolute atomic E-state index is 0.0581. The summed E-state index contributed by atoms with van der Waals surface area (Å²) in [6.45, 7) is 15.3. The number of nitrogens with zero attached hydrogens (tertiary/aromatic N) is 1. The molecule has 1 fully saturated rings. The number of hydrogen-bond donors (Lipinski definition) is 3. The highest BCUT2D eigenvalue weighted by atomic mass is 35.5. The molecule has 2 aromatic carbocycles. The summed E-state index contributed by atoms with van der Waals surface area (Å²) in [4.78, 5) is 50.0. The number of esters is 1. The molecule has 0 spiro atoms. The Hall–Kier alpha value is -3.21. The van der Waals surface area contributed by atoms with Gasteiger partial charge in [-0.3, -0.25) is 19.2 Å². The molecule has 1 aliphatic rings. The van der Waals surface area contributed by atoms with Crippen molar-refractivity contribution in [1.29, 1.82) is 0 Å². The number of hydrogen-bond acceptors (Lipinski definition) is 6. The van der Waals surface area contributed by atoms with Crippen LogP contribution in [0.15, 0.2) is 36.4 Å². The molecule has 3 N–H and O–H groups in total. The first-order valence-corrected chi connectivity index (χ1v) is 15.0. The lowest BCUT2D eigenvalue weighted by Crippen LogP contribution is -2.66. The molecule has 3 amide bonds. The van der Waals surface area contributed by atoms with E-state index >= 15 is 0 Å². The van der Waals surface area contributed by atoms with E-state index in [0.29, 0.717) is 28.1 Å². The van der Waals surface area contributed by atoms with Crippen LogP contribution < -0.4 is 16.0 Å². The van der Waals surface area contributed by atoms with Crippen molar-refractivity contribution >= 4 is 53.1 Å². The second-order valence-corrected chi connectivity index (χ2v) is 13.7. The molecule has 2 aromatic rings. The molecule has 1 heterocycles. The second kappa shape index (κ2) is 15.7. The van der Waals surface area contributed by atoms with Gasteiger partial charge in [0.25, 0.3) is 5.91 Å². The van der Waals surface area contributed by atoms with E-state index < -0.39 is 35.3 Å². The van der Waals surface area contributed by atoms with Gasteiger partial charge in [0.2, 0.25) is 12.3 Å². The molecule has 0 bridgehead atoms. The third kappa shape index (κ3) is 11.1. The standard InChI is InChI=1S/C27H31Cl2FN4O5.C5H12/c1-15(20-6-5-7-21(29)23(20)30)24(31-11-17-8-9-18(28)10-22(17)32-14-35)25(37)33-19-12-34(13-19)26(38)27(3,4)39-16(2)36;1-5(2,3)4/h5-10,14-15,19,24,31H,11-13H2,1-4H3,(H,32,35)(H,33,37);1-4H3/t15?,24-;/m1./s1. The summed E-state index contributed by atoms with van der Waals surface area (Å²) < 4.78 is 20.0. The maximum absolute atomic E-state index is 14.9. The van der Waals surface area contributed by atoms with Crippen molar-refractivity contribution in [1.82, 2.24) is 15.5 Å². The number of carbonyl (C=O) groups excluding carboxylic acids is 4. The minimum Gasteiger partial charge on any atom is -0.450 e. The predicted molar refractivity (Wildman–Crippen MR) is 171 cm³/mol. The van der Waals surface area contributed by atoms with Gasteiger partial charge in [0.05, 0.1) is 17.1 Å². The SMILES string of the molecule is CC(=O)OC(C)(C)C(=O)N1CC(NC(=O)[C@H](NCc2ccc(Cl)cc2NC=O)C(C)c2cccc(Cl)c2F)C1.CC(C)(C)C. The van der Waals surface area contributed by atoms with Crippen LogP contribution in [0.4, 0.5) is 10.1 Å². The smallest absolute Gasteiger partial charge is 0.303 e. The van der Waals surface area contributed by atoms with Crippen molar-refractivity contribution in [3.63, 3.8) is 0 Å². The van der Waals surface area contributed by atoms with Crippen LogP contribution in [0.25, 0.3) is 0 Å². The van der Waals surface area contributed by atoms with Gasteiger partial charge >= 0.3 is 5.97 Å². The Morgan fingerprint density at radius 3 is 2.27 bits per heavy atom. The highest BCUT2D eigenvalue weighted by Crippen LogP contribution is 2.28. The first-order valence-electron chi connectivity index (χ1n) is 14.3. The summed E-state index contributed by atoms with van der Waals surface area (Å²) in [5, 5.41) is 9.04. The summed E-state index contributed by atoms with van der Waals surface area (Å²) in [5.41, 5.74) is 0.562. The van der Waals surface area contributed by atoms with Crippen LogP contribution in [0.5, 0.6) is 0 Å². The zero-order chi connectivity index (χ0) is 33.4. The molecule has 1 aliphatic heterocycles. The van der Waals surface area contributed by atoms with Crippen LogP contribution in [0.3, 0.4) is 0 Å². The van der Waals surface area contributed by atoms with Crippen LogP contribution in [0.1, 0.15) is 72.4 Å². The van der Waals surface area contributed by atoms with Crippen LogP contribution >= 0.6 is 23.2 Å². The van der Waals surface area contributed by atoms with Crippen LogP contribution in [0, 0.1) is 11.2 Å². The Labute approximate surface area is 269 Å². The topological polar surface area (TPSA) is 117 Å². The second-order valence-electron chi connectivity index (χ2n) is 12.9. The van der Waals surface area contributed by atoms with E-state index in [-0.39, 0.29) is 42.2 Å². The Kier molecular flexibility index (Phi) is 13.2. The van der Waals surface area contributed by atoms with Crippen LogP contribution in [-0.2, 0) is 30.5 Å². The van der Waals surface area contributed by atoms with Gasteiger partial charge < -0.3 is 25.6 Å². The van der Waals surface area contributed by atoms with Crippen LogP contribution in [-0.4, -0.2) is 59.9 Å². The molecule has 1 unspecified atom stereocenters. The van der Waals surface area contributed by atoms with E-state index in [1.165, 1.54) is 31.7 Å². The van der Waals surface area contributed by atoms with Gasteiger partial charge in [0.1, 0.15) is 5.82 Å².